The van der Waals surface area contributed by atoms with Gasteiger partial charge in [0.05, 0.1) is 0 Å². The summed E-state index contributed by atoms with van der Waals surface area (Å²) in [5.41, 5.74) is 0.669. The predicted octanol–water partition coefficient (Wildman–Crippen LogP) is 4.31. The Hall–Kier alpha value is -2.46. The lowest BCUT2D eigenvalue weighted by molar-refractivity contribution is -0.122. The topological polar surface area (TPSA) is 47.6 Å². The number of benzene rings is 2. The fourth-order valence-corrected chi connectivity index (χ4v) is 2.01. The molecule has 120 valence electrons. The van der Waals surface area contributed by atoms with Crippen LogP contribution in [-0.2, 0) is 4.79 Å². The fourth-order valence-electron chi connectivity index (χ4n) is 1.83. The molecule has 2 rings (SSSR count). The summed E-state index contributed by atoms with van der Waals surface area (Å²) in [6.45, 7) is 5.71. The number of amides is 1. The summed E-state index contributed by atoms with van der Waals surface area (Å²) >= 11 is 5.89. The number of ether oxygens (including phenoxy) is 2. The molecule has 0 bridgehead atoms. The van der Waals surface area contributed by atoms with Gasteiger partial charge in [-0.25, -0.2) is 0 Å². The summed E-state index contributed by atoms with van der Waals surface area (Å²) < 4.78 is 11.0. The molecule has 0 heterocycles. The highest BCUT2D eigenvalue weighted by Gasteiger charge is 2.15. The van der Waals surface area contributed by atoms with E-state index >= 15 is 0 Å². The first kappa shape index (κ1) is 16.9. The summed E-state index contributed by atoms with van der Waals surface area (Å²) in [6.07, 6.45) is 1.02. The first-order valence-electron chi connectivity index (χ1n) is 7.15. The molecule has 0 spiro atoms. The van der Waals surface area contributed by atoms with Gasteiger partial charge in [0, 0.05) is 10.7 Å². The van der Waals surface area contributed by atoms with E-state index in [0.29, 0.717) is 28.8 Å². The number of nitrogens with one attached hydrogen (secondary N) is 1. The molecule has 4 nitrogen and oxygen atoms in total. The molecule has 0 unspecified atom stereocenters. The lowest BCUT2D eigenvalue weighted by atomic mass is 10.2. The minimum absolute atomic E-state index is 0.246. The quantitative estimate of drug-likeness (QED) is 0.769. The van der Waals surface area contributed by atoms with E-state index in [-0.39, 0.29) is 5.91 Å². The number of hydrogen-bond donors (Lipinski definition) is 1. The van der Waals surface area contributed by atoms with Gasteiger partial charge >= 0.3 is 0 Å². The van der Waals surface area contributed by atoms with Crippen molar-refractivity contribution >= 4 is 23.2 Å². The minimum Gasteiger partial charge on any atom is -0.490 e. The van der Waals surface area contributed by atoms with Gasteiger partial charge in [-0.05, 0) is 49.4 Å². The maximum Gasteiger partial charge on any atom is 0.265 e. The van der Waals surface area contributed by atoms with Crippen LogP contribution in [0.5, 0.6) is 11.5 Å². The Balaban J connectivity index is 1.91. The number of halogens is 1. The summed E-state index contributed by atoms with van der Waals surface area (Å²) in [6, 6.07) is 14.0. The zero-order valence-corrected chi connectivity index (χ0v) is 13.5. The van der Waals surface area contributed by atoms with Crippen molar-refractivity contribution in [2.24, 2.45) is 0 Å². The lowest BCUT2D eigenvalue weighted by Gasteiger charge is -2.15. The second-order valence-corrected chi connectivity index (χ2v) is 5.27. The maximum absolute atomic E-state index is 12.1. The number of rotatable bonds is 7. The molecule has 0 saturated carbocycles. The third-order valence-corrected chi connectivity index (χ3v) is 3.20. The van der Waals surface area contributed by atoms with Crippen molar-refractivity contribution in [2.75, 3.05) is 11.9 Å². The van der Waals surface area contributed by atoms with Crippen LogP contribution >= 0.6 is 11.6 Å². The van der Waals surface area contributed by atoms with Crippen molar-refractivity contribution < 1.29 is 14.3 Å². The maximum atomic E-state index is 12.1. The van der Waals surface area contributed by atoms with E-state index in [1.165, 1.54) is 0 Å². The average Bonchev–Trinajstić information content (AvgIpc) is 2.54. The van der Waals surface area contributed by atoms with Gasteiger partial charge in [0.15, 0.2) is 6.10 Å². The van der Waals surface area contributed by atoms with Crippen LogP contribution in [0.15, 0.2) is 61.2 Å². The number of carbonyl (C=O) groups is 1. The van der Waals surface area contributed by atoms with E-state index in [1.807, 2.05) is 0 Å². The van der Waals surface area contributed by atoms with E-state index in [4.69, 9.17) is 21.1 Å². The molecular weight excluding hydrogens is 314 g/mol. The van der Waals surface area contributed by atoms with Crippen molar-refractivity contribution in [3.63, 3.8) is 0 Å². The molecule has 1 atom stereocenters. The zero-order chi connectivity index (χ0) is 16.7. The first-order valence-corrected chi connectivity index (χ1v) is 7.53. The molecule has 1 amide bonds. The Bertz CT molecular complexity index is 670. The zero-order valence-electron chi connectivity index (χ0n) is 12.8. The summed E-state index contributed by atoms with van der Waals surface area (Å²) in [5.74, 6) is 1.02. The Kier molecular flexibility index (Phi) is 6.06. The monoisotopic (exact) mass is 331 g/mol. The van der Waals surface area contributed by atoms with Crippen LogP contribution in [0.3, 0.4) is 0 Å². The summed E-state index contributed by atoms with van der Waals surface area (Å²) in [7, 11) is 0. The Labute approximate surface area is 140 Å². The van der Waals surface area contributed by atoms with Crippen LogP contribution in [0, 0.1) is 0 Å². The second kappa shape index (κ2) is 8.25. The van der Waals surface area contributed by atoms with E-state index in [0.717, 1.165) is 0 Å². The molecule has 1 N–H and O–H groups in total. The van der Waals surface area contributed by atoms with Crippen LogP contribution in [0.2, 0.25) is 5.02 Å². The highest BCUT2D eigenvalue weighted by atomic mass is 35.5. The Morgan fingerprint density at radius 1 is 1.26 bits per heavy atom. The average molecular weight is 332 g/mol. The molecule has 0 aromatic heterocycles. The van der Waals surface area contributed by atoms with E-state index in [1.54, 1.807) is 61.5 Å². The van der Waals surface area contributed by atoms with Crippen molar-refractivity contribution in [2.45, 2.75) is 13.0 Å². The molecule has 2 aromatic carbocycles. The summed E-state index contributed by atoms with van der Waals surface area (Å²) in [5, 5.41) is 3.35. The number of carbonyl (C=O) groups excluding carboxylic acids is 1. The van der Waals surface area contributed by atoms with E-state index in [2.05, 4.69) is 11.9 Å². The molecule has 2 aromatic rings. The number of hydrogen-bond acceptors (Lipinski definition) is 3. The lowest BCUT2D eigenvalue weighted by Crippen LogP contribution is -2.30. The van der Waals surface area contributed by atoms with Crippen LogP contribution in [-0.4, -0.2) is 18.6 Å². The predicted molar refractivity (Wildman–Crippen MR) is 92.3 cm³/mol. The van der Waals surface area contributed by atoms with E-state index in [9.17, 15) is 4.79 Å². The van der Waals surface area contributed by atoms with Crippen LogP contribution in [0.1, 0.15) is 6.92 Å². The van der Waals surface area contributed by atoms with Gasteiger partial charge in [0.25, 0.3) is 5.91 Å². The smallest absolute Gasteiger partial charge is 0.265 e. The van der Waals surface area contributed by atoms with Gasteiger partial charge < -0.3 is 14.8 Å². The van der Waals surface area contributed by atoms with Crippen LogP contribution in [0.4, 0.5) is 5.69 Å². The summed E-state index contributed by atoms with van der Waals surface area (Å²) in [4.78, 5) is 12.1. The molecule has 23 heavy (non-hydrogen) atoms. The van der Waals surface area contributed by atoms with Crippen molar-refractivity contribution in [3.8, 4) is 11.5 Å². The molecule has 0 radical (unpaired) electrons. The Morgan fingerprint density at radius 3 is 2.65 bits per heavy atom. The SMILES string of the molecule is C=CCOc1ccc(NC(=O)[C@@H](C)Oc2cccc(Cl)c2)cc1. The molecule has 0 aliphatic heterocycles. The van der Waals surface area contributed by atoms with Gasteiger partial charge in [-0.15, -0.1) is 0 Å². The standard InChI is InChI=1S/C18H18ClNO3/c1-3-11-22-16-9-7-15(8-10-16)20-18(21)13(2)23-17-6-4-5-14(19)12-17/h3-10,12-13H,1,11H2,2H3,(H,20,21)/t13-/m1/s1. The van der Waals surface area contributed by atoms with Crippen molar-refractivity contribution in [1.82, 2.24) is 0 Å². The third-order valence-electron chi connectivity index (χ3n) is 2.97. The molecular formula is C18H18ClNO3. The van der Waals surface area contributed by atoms with Crippen LogP contribution < -0.4 is 14.8 Å². The molecule has 0 aliphatic carbocycles. The molecule has 5 heteroatoms. The fraction of sp³-hybridized carbons (Fsp3) is 0.167. The van der Waals surface area contributed by atoms with Gasteiger partial charge in [-0.1, -0.05) is 30.3 Å². The van der Waals surface area contributed by atoms with Gasteiger partial charge in [-0.3, -0.25) is 4.79 Å². The van der Waals surface area contributed by atoms with Crippen molar-refractivity contribution in [3.05, 3.63) is 66.2 Å². The van der Waals surface area contributed by atoms with E-state index < -0.39 is 6.10 Å². The third kappa shape index (κ3) is 5.34. The molecule has 0 aliphatic rings. The highest BCUT2D eigenvalue weighted by Crippen LogP contribution is 2.19. The second-order valence-electron chi connectivity index (χ2n) is 4.83. The first-order chi connectivity index (χ1) is 11.1. The van der Waals surface area contributed by atoms with Crippen LogP contribution in [0.25, 0.3) is 0 Å². The molecule has 0 saturated heterocycles. The minimum atomic E-state index is -0.648. The largest absolute Gasteiger partial charge is 0.490 e. The van der Waals surface area contributed by atoms with Gasteiger partial charge in [-0.2, -0.15) is 0 Å². The number of anilines is 1. The normalized spacial score (nSPS) is 11.4. The Morgan fingerprint density at radius 2 is 2.00 bits per heavy atom. The van der Waals surface area contributed by atoms with Gasteiger partial charge in [0.2, 0.25) is 0 Å². The van der Waals surface area contributed by atoms with Gasteiger partial charge in [0.1, 0.15) is 18.1 Å². The van der Waals surface area contributed by atoms with Crippen molar-refractivity contribution in [1.29, 1.82) is 0 Å². The molecule has 0 fully saturated rings. The highest BCUT2D eigenvalue weighted by molar-refractivity contribution is 6.30.